The van der Waals surface area contributed by atoms with Crippen LogP contribution in [0.4, 0.5) is 15.8 Å². The molecule has 0 radical (unpaired) electrons. The number of nitrogens with zero attached hydrogens (tertiary/aromatic N) is 1. The molecule has 0 saturated carbocycles. The van der Waals surface area contributed by atoms with Crippen molar-refractivity contribution in [2.24, 2.45) is 0 Å². The Kier molecular flexibility index (Phi) is 5.28. The van der Waals surface area contributed by atoms with Gasteiger partial charge in [-0.1, -0.05) is 18.2 Å². The van der Waals surface area contributed by atoms with Crippen LogP contribution in [-0.2, 0) is 4.79 Å². The van der Waals surface area contributed by atoms with Crippen LogP contribution in [-0.4, -0.2) is 5.91 Å². The Morgan fingerprint density at radius 2 is 1.95 bits per heavy atom. The molecular formula is C16H11BrFN3O. The van der Waals surface area contributed by atoms with Crippen molar-refractivity contribution in [3.8, 4) is 6.07 Å². The number of halogens is 2. The molecule has 0 spiro atoms. The average molecular weight is 360 g/mol. The number of hydrogen-bond acceptors (Lipinski definition) is 3. The van der Waals surface area contributed by atoms with Gasteiger partial charge in [-0.15, -0.1) is 0 Å². The molecule has 0 aliphatic heterocycles. The van der Waals surface area contributed by atoms with Gasteiger partial charge >= 0.3 is 0 Å². The predicted molar refractivity (Wildman–Crippen MR) is 86.5 cm³/mol. The lowest BCUT2D eigenvalue weighted by atomic mass is 10.2. The summed E-state index contributed by atoms with van der Waals surface area (Å²) in [6.45, 7) is 0. The predicted octanol–water partition coefficient (Wildman–Crippen LogP) is 4.05. The summed E-state index contributed by atoms with van der Waals surface area (Å²) in [4.78, 5) is 12.0. The van der Waals surface area contributed by atoms with Gasteiger partial charge in [-0.25, -0.2) is 4.39 Å². The summed E-state index contributed by atoms with van der Waals surface area (Å²) in [5, 5.41) is 14.5. The quantitative estimate of drug-likeness (QED) is 0.639. The first kappa shape index (κ1) is 15.7. The number of benzene rings is 2. The Hall–Kier alpha value is -2.65. The van der Waals surface area contributed by atoms with E-state index in [1.165, 1.54) is 24.4 Å². The first-order valence-corrected chi connectivity index (χ1v) is 7.07. The molecule has 0 atom stereocenters. The summed E-state index contributed by atoms with van der Waals surface area (Å²) in [5.74, 6) is -0.914. The SMILES string of the molecule is N#C/C(=C\Nc1ccc(F)cc1Br)C(=O)Nc1ccccc1. The van der Waals surface area contributed by atoms with Gasteiger partial charge in [0.2, 0.25) is 0 Å². The van der Waals surface area contributed by atoms with Crippen LogP contribution in [0.15, 0.2) is 64.8 Å². The van der Waals surface area contributed by atoms with E-state index >= 15 is 0 Å². The molecule has 1 amide bonds. The van der Waals surface area contributed by atoms with Crippen molar-refractivity contribution in [1.29, 1.82) is 5.26 Å². The Balaban J connectivity index is 2.10. The zero-order valence-corrected chi connectivity index (χ0v) is 12.9. The van der Waals surface area contributed by atoms with Gasteiger partial charge in [-0.05, 0) is 46.3 Å². The zero-order valence-electron chi connectivity index (χ0n) is 11.3. The van der Waals surface area contributed by atoms with E-state index in [0.717, 1.165) is 0 Å². The van der Waals surface area contributed by atoms with E-state index in [0.29, 0.717) is 15.8 Å². The van der Waals surface area contributed by atoms with E-state index in [1.54, 1.807) is 24.3 Å². The van der Waals surface area contributed by atoms with E-state index in [-0.39, 0.29) is 11.4 Å². The van der Waals surface area contributed by atoms with Crippen molar-refractivity contribution in [2.75, 3.05) is 10.6 Å². The van der Waals surface area contributed by atoms with Crippen molar-refractivity contribution in [3.05, 3.63) is 70.6 Å². The topological polar surface area (TPSA) is 64.9 Å². The van der Waals surface area contributed by atoms with Gasteiger partial charge in [-0.3, -0.25) is 4.79 Å². The van der Waals surface area contributed by atoms with Gasteiger partial charge in [0, 0.05) is 16.4 Å². The molecular weight excluding hydrogens is 349 g/mol. The van der Waals surface area contributed by atoms with Crippen LogP contribution >= 0.6 is 15.9 Å². The number of carbonyl (C=O) groups excluding carboxylic acids is 1. The molecule has 0 saturated heterocycles. The molecule has 2 aromatic rings. The molecule has 0 unspecified atom stereocenters. The van der Waals surface area contributed by atoms with Crippen molar-refractivity contribution >= 4 is 33.2 Å². The summed E-state index contributed by atoms with van der Waals surface area (Å²) in [7, 11) is 0. The van der Waals surface area contributed by atoms with Crippen LogP contribution in [0.5, 0.6) is 0 Å². The number of para-hydroxylation sites is 1. The number of amides is 1. The van der Waals surface area contributed by atoms with Crippen LogP contribution in [0.2, 0.25) is 0 Å². The molecule has 0 aliphatic rings. The highest BCUT2D eigenvalue weighted by Gasteiger charge is 2.09. The Bertz CT molecular complexity index is 754. The number of hydrogen-bond donors (Lipinski definition) is 2. The Morgan fingerprint density at radius 1 is 1.23 bits per heavy atom. The second kappa shape index (κ2) is 7.38. The second-order valence-electron chi connectivity index (χ2n) is 4.26. The van der Waals surface area contributed by atoms with E-state index in [9.17, 15) is 9.18 Å². The molecule has 110 valence electrons. The van der Waals surface area contributed by atoms with Crippen LogP contribution in [0.25, 0.3) is 0 Å². The fourth-order valence-electron chi connectivity index (χ4n) is 1.62. The van der Waals surface area contributed by atoms with Crippen molar-refractivity contribution in [3.63, 3.8) is 0 Å². The molecule has 0 aromatic heterocycles. The van der Waals surface area contributed by atoms with E-state index < -0.39 is 5.91 Å². The lowest BCUT2D eigenvalue weighted by molar-refractivity contribution is -0.112. The maximum atomic E-state index is 13.0. The van der Waals surface area contributed by atoms with Gasteiger partial charge in [0.05, 0.1) is 5.69 Å². The zero-order chi connectivity index (χ0) is 15.9. The third kappa shape index (κ3) is 4.17. The van der Waals surface area contributed by atoms with Gasteiger partial charge in [0.25, 0.3) is 5.91 Å². The molecule has 0 aliphatic carbocycles. The molecule has 0 heterocycles. The number of rotatable bonds is 4. The van der Waals surface area contributed by atoms with Crippen LogP contribution in [0.3, 0.4) is 0 Å². The molecule has 4 nitrogen and oxygen atoms in total. The monoisotopic (exact) mass is 359 g/mol. The maximum Gasteiger partial charge on any atom is 0.267 e. The van der Waals surface area contributed by atoms with Gasteiger partial charge in [0.15, 0.2) is 0 Å². The molecule has 2 aromatic carbocycles. The minimum absolute atomic E-state index is 0.0971. The lowest BCUT2D eigenvalue weighted by Crippen LogP contribution is -2.14. The summed E-state index contributed by atoms with van der Waals surface area (Å²) >= 11 is 3.19. The standard InChI is InChI=1S/C16H11BrFN3O/c17-14-8-12(18)6-7-15(14)20-10-11(9-19)16(22)21-13-4-2-1-3-5-13/h1-8,10,20H,(H,21,22)/b11-10+. The third-order valence-electron chi connectivity index (χ3n) is 2.70. The minimum Gasteiger partial charge on any atom is -0.359 e. The lowest BCUT2D eigenvalue weighted by Gasteiger charge is -2.06. The normalized spacial score (nSPS) is 10.7. The Labute approximate surface area is 135 Å². The smallest absolute Gasteiger partial charge is 0.267 e. The van der Waals surface area contributed by atoms with E-state index in [4.69, 9.17) is 5.26 Å². The fraction of sp³-hybridized carbons (Fsp3) is 0. The van der Waals surface area contributed by atoms with E-state index in [2.05, 4.69) is 26.6 Å². The summed E-state index contributed by atoms with van der Waals surface area (Å²) < 4.78 is 13.5. The second-order valence-corrected chi connectivity index (χ2v) is 5.11. The van der Waals surface area contributed by atoms with Crippen molar-refractivity contribution in [2.45, 2.75) is 0 Å². The highest BCUT2D eigenvalue weighted by molar-refractivity contribution is 9.10. The first-order chi connectivity index (χ1) is 10.6. The largest absolute Gasteiger partial charge is 0.359 e. The summed E-state index contributed by atoms with van der Waals surface area (Å²) in [5.41, 5.74) is 1.04. The Morgan fingerprint density at radius 3 is 2.59 bits per heavy atom. The third-order valence-corrected chi connectivity index (χ3v) is 3.36. The van der Waals surface area contributed by atoms with Gasteiger partial charge in [-0.2, -0.15) is 5.26 Å². The maximum absolute atomic E-state index is 13.0. The molecule has 2 rings (SSSR count). The fourth-order valence-corrected chi connectivity index (χ4v) is 2.09. The number of carbonyl (C=O) groups is 1. The van der Waals surface area contributed by atoms with Crippen molar-refractivity contribution < 1.29 is 9.18 Å². The first-order valence-electron chi connectivity index (χ1n) is 6.28. The van der Waals surface area contributed by atoms with Crippen molar-refractivity contribution in [1.82, 2.24) is 0 Å². The number of nitrogens with one attached hydrogen (secondary N) is 2. The number of nitriles is 1. The van der Waals surface area contributed by atoms with Crippen LogP contribution < -0.4 is 10.6 Å². The molecule has 0 fully saturated rings. The summed E-state index contributed by atoms with van der Waals surface area (Å²) in [6, 6.07) is 14.7. The molecule has 2 N–H and O–H groups in total. The number of anilines is 2. The summed E-state index contributed by atoms with van der Waals surface area (Å²) in [6.07, 6.45) is 1.27. The molecule has 0 bridgehead atoms. The van der Waals surface area contributed by atoms with Crippen LogP contribution in [0.1, 0.15) is 0 Å². The van der Waals surface area contributed by atoms with Gasteiger partial charge < -0.3 is 10.6 Å². The average Bonchev–Trinajstić information content (AvgIpc) is 2.50. The highest BCUT2D eigenvalue weighted by Crippen LogP contribution is 2.23. The van der Waals surface area contributed by atoms with Gasteiger partial charge in [0.1, 0.15) is 17.5 Å². The van der Waals surface area contributed by atoms with E-state index in [1.807, 2.05) is 12.1 Å². The van der Waals surface area contributed by atoms with Crippen LogP contribution in [0, 0.1) is 17.1 Å². The highest BCUT2D eigenvalue weighted by atomic mass is 79.9. The minimum atomic E-state index is -0.528. The molecule has 22 heavy (non-hydrogen) atoms. The molecule has 6 heteroatoms.